The van der Waals surface area contributed by atoms with E-state index in [0.29, 0.717) is 36.1 Å². The molecule has 3 amide bonds. The zero-order valence-electron chi connectivity index (χ0n) is 38.6. The molecule has 4 aliphatic carbocycles. The van der Waals surface area contributed by atoms with Gasteiger partial charge in [-0.05, 0) is 136 Å². The van der Waals surface area contributed by atoms with Crippen molar-refractivity contribution in [3.8, 4) is 0 Å². The summed E-state index contributed by atoms with van der Waals surface area (Å²) in [5.41, 5.74) is 2.57. The van der Waals surface area contributed by atoms with Crippen molar-refractivity contribution < 1.29 is 44.1 Å². The van der Waals surface area contributed by atoms with Crippen LogP contribution in [0.4, 0.5) is 0 Å². The molecule has 62 heavy (non-hydrogen) atoms. The van der Waals surface area contributed by atoms with Gasteiger partial charge in [0.1, 0.15) is 6.04 Å². The second-order valence-corrected chi connectivity index (χ2v) is 20.2. The molecule has 0 aromatic heterocycles. The minimum Gasteiger partial charge on any atom is -0.480 e. The van der Waals surface area contributed by atoms with E-state index in [1.807, 2.05) is 0 Å². The maximum Gasteiger partial charge on any atom is 0.320 e. The molecular formula is C48H81N5O9. The highest BCUT2D eigenvalue weighted by Crippen LogP contribution is 2.67. The topological polar surface area (TPSA) is 214 Å². The Morgan fingerprint density at radius 3 is 1.95 bits per heavy atom. The summed E-state index contributed by atoms with van der Waals surface area (Å²) in [5, 5.41) is 39.5. The summed E-state index contributed by atoms with van der Waals surface area (Å²) in [7, 11) is 0. The lowest BCUT2D eigenvalue weighted by Gasteiger charge is -2.58. The number of amides is 3. The van der Waals surface area contributed by atoms with Crippen LogP contribution in [0.3, 0.4) is 0 Å². The van der Waals surface area contributed by atoms with Crippen molar-refractivity contribution in [1.29, 1.82) is 0 Å². The quantitative estimate of drug-likeness (QED) is 0.0339. The van der Waals surface area contributed by atoms with Gasteiger partial charge >= 0.3 is 17.9 Å². The van der Waals surface area contributed by atoms with Crippen LogP contribution in [-0.2, 0) is 28.8 Å². The number of aliphatic carboxylic acids is 3. The Balaban J connectivity index is 1.03. The van der Waals surface area contributed by atoms with Crippen molar-refractivity contribution in [2.24, 2.45) is 46.3 Å². The first-order valence-corrected chi connectivity index (χ1v) is 24.1. The lowest BCUT2D eigenvalue weighted by atomic mass is 9.47. The maximum absolute atomic E-state index is 12.4. The summed E-state index contributed by atoms with van der Waals surface area (Å²) >= 11 is 0. The Kier molecular flexibility index (Phi) is 20.2. The van der Waals surface area contributed by atoms with E-state index in [0.717, 1.165) is 66.2 Å². The minimum atomic E-state index is -1.33. The van der Waals surface area contributed by atoms with Crippen LogP contribution < -0.4 is 21.3 Å². The highest BCUT2D eigenvalue weighted by Gasteiger charge is 2.59. The van der Waals surface area contributed by atoms with Gasteiger partial charge in [0.05, 0.1) is 13.1 Å². The molecule has 14 heteroatoms. The average Bonchev–Trinajstić information content (AvgIpc) is 3.55. The Morgan fingerprint density at radius 2 is 1.32 bits per heavy atom. The molecule has 0 spiro atoms. The summed E-state index contributed by atoms with van der Waals surface area (Å²) in [6.45, 7) is 12.6. The van der Waals surface area contributed by atoms with Crippen LogP contribution in [0.1, 0.15) is 157 Å². The summed E-state index contributed by atoms with van der Waals surface area (Å²) < 4.78 is 0. The van der Waals surface area contributed by atoms with Gasteiger partial charge < -0.3 is 36.6 Å². The second-order valence-electron chi connectivity index (χ2n) is 20.2. The summed E-state index contributed by atoms with van der Waals surface area (Å²) in [6.07, 6.45) is 20.4. The third-order valence-corrected chi connectivity index (χ3v) is 15.5. The number of rotatable bonds is 28. The van der Waals surface area contributed by atoms with Gasteiger partial charge in [0.25, 0.3) is 0 Å². The lowest BCUT2D eigenvalue weighted by molar-refractivity contribution is -0.149. The number of hydrogen-bond donors (Lipinski definition) is 7. The fraction of sp³-hybridized carbons (Fsp3) is 0.833. The van der Waals surface area contributed by atoms with E-state index >= 15 is 0 Å². The van der Waals surface area contributed by atoms with Gasteiger partial charge in [-0.15, -0.1) is 0 Å². The van der Waals surface area contributed by atoms with E-state index in [4.69, 9.17) is 10.2 Å². The standard InChI is InChI=1S/C48H81N5O9/c1-32(2)11-10-12-33(3)37-17-18-38-36-16-15-34-29-35(19-23-47(34,4)39(36)20-24-48(37,38)5)49-25-9-7-14-41(54)51-27-22-43(56)52-28-21-42(55)50-26-8-6-13-40(46(61)62)53(30-44(57)58)31-45(59)60/h15,32-33,35-40,49H,6-14,16-31H2,1-5H3,(H,50,55)(H,51,54)(H,52,56)(H,57,58)(H,59,60)(H,61,62)/t33?,35-,36?,37+,38?,39?,40-,47-,48+/m0/s1. The lowest BCUT2D eigenvalue weighted by Crippen LogP contribution is -2.51. The number of carbonyl (C=O) groups is 6. The van der Waals surface area contributed by atoms with Crippen molar-refractivity contribution in [2.75, 3.05) is 39.3 Å². The summed E-state index contributed by atoms with van der Waals surface area (Å²) in [5.74, 6) is 0.496. The largest absolute Gasteiger partial charge is 0.480 e. The van der Waals surface area contributed by atoms with E-state index in [-0.39, 0.29) is 56.6 Å². The zero-order chi connectivity index (χ0) is 45.5. The number of nitrogens with one attached hydrogen (secondary N) is 4. The molecule has 3 saturated carbocycles. The van der Waals surface area contributed by atoms with Crippen molar-refractivity contribution >= 4 is 35.6 Å². The number of unbranched alkanes of at least 4 members (excludes halogenated alkanes) is 2. The van der Waals surface area contributed by atoms with Crippen LogP contribution in [0, 0.1) is 46.3 Å². The molecule has 7 N–H and O–H groups in total. The van der Waals surface area contributed by atoms with Crippen LogP contribution in [0.2, 0.25) is 0 Å². The Bertz CT molecular complexity index is 1540. The zero-order valence-corrected chi connectivity index (χ0v) is 38.6. The Labute approximate surface area is 370 Å². The third-order valence-electron chi connectivity index (χ3n) is 15.5. The molecule has 0 radical (unpaired) electrons. The first kappa shape index (κ1) is 51.1. The van der Waals surface area contributed by atoms with Gasteiger partial charge in [0, 0.05) is 44.9 Å². The van der Waals surface area contributed by atoms with Crippen LogP contribution in [-0.4, -0.2) is 107 Å². The maximum atomic E-state index is 12.4. The normalized spacial score (nSPS) is 27.6. The van der Waals surface area contributed by atoms with Gasteiger partial charge in [-0.1, -0.05) is 65.5 Å². The van der Waals surface area contributed by atoms with E-state index < -0.39 is 37.0 Å². The average molecular weight is 872 g/mol. The number of carboxylic acid groups (broad SMARTS) is 3. The molecule has 0 aliphatic heterocycles. The second kappa shape index (κ2) is 24.5. The van der Waals surface area contributed by atoms with E-state index in [1.54, 1.807) is 5.57 Å². The number of fused-ring (bicyclic) bond motifs is 5. The summed E-state index contributed by atoms with van der Waals surface area (Å²) in [4.78, 5) is 71.5. The molecule has 4 aliphatic rings. The van der Waals surface area contributed by atoms with Crippen LogP contribution in [0.25, 0.3) is 0 Å². The molecule has 9 atom stereocenters. The highest BCUT2D eigenvalue weighted by molar-refractivity contribution is 5.80. The molecule has 0 bridgehead atoms. The molecule has 0 aromatic carbocycles. The van der Waals surface area contributed by atoms with Crippen molar-refractivity contribution in [1.82, 2.24) is 26.2 Å². The predicted octanol–water partition coefficient (Wildman–Crippen LogP) is 6.38. The smallest absolute Gasteiger partial charge is 0.320 e. The molecule has 352 valence electrons. The monoisotopic (exact) mass is 872 g/mol. The Hall–Kier alpha value is -3.52. The third kappa shape index (κ3) is 14.8. The highest BCUT2D eigenvalue weighted by atomic mass is 16.4. The predicted molar refractivity (Wildman–Crippen MR) is 239 cm³/mol. The number of carboxylic acids is 3. The number of carbonyl (C=O) groups excluding carboxylic acids is 3. The van der Waals surface area contributed by atoms with E-state index in [1.165, 1.54) is 64.2 Å². The van der Waals surface area contributed by atoms with E-state index in [9.17, 15) is 33.9 Å². The number of allylic oxidation sites excluding steroid dienone is 1. The fourth-order valence-corrected chi connectivity index (χ4v) is 12.2. The molecule has 0 saturated heterocycles. The van der Waals surface area contributed by atoms with Gasteiger partial charge in [-0.2, -0.15) is 0 Å². The number of hydrogen-bond acceptors (Lipinski definition) is 8. The first-order valence-electron chi connectivity index (χ1n) is 24.1. The van der Waals surface area contributed by atoms with Gasteiger partial charge in [0.2, 0.25) is 17.7 Å². The van der Waals surface area contributed by atoms with Crippen LogP contribution in [0.15, 0.2) is 11.6 Å². The first-order chi connectivity index (χ1) is 29.4. The van der Waals surface area contributed by atoms with Gasteiger partial charge in [-0.3, -0.25) is 33.7 Å². The van der Waals surface area contributed by atoms with Gasteiger partial charge in [0.15, 0.2) is 0 Å². The molecule has 14 nitrogen and oxygen atoms in total. The molecule has 4 unspecified atom stereocenters. The molecule has 3 fully saturated rings. The fourth-order valence-electron chi connectivity index (χ4n) is 12.2. The van der Waals surface area contributed by atoms with Crippen molar-refractivity contribution in [3.63, 3.8) is 0 Å². The molecule has 4 rings (SSSR count). The SMILES string of the molecule is CC(C)CCCC(C)[C@H]1CCC2C3CC=C4C[C@@H](NCCCCC(=O)NCCC(=O)NCCC(=O)NCCCC[C@@H](C(=O)O)N(CC(=O)O)CC(=O)O)CC[C@]4(C)C3CC[C@@]21C. The Morgan fingerprint density at radius 1 is 0.694 bits per heavy atom. The van der Waals surface area contributed by atoms with Crippen LogP contribution >= 0.6 is 0 Å². The van der Waals surface area contributed by atoms with Crippen molar-refractivity contribution in [3.05, 3.63) is 11.6 Å². The summed E-state index contributed by atoms with van der Waals surface area (Å²) in [6, 6.07) is -0.776. The number of nitrogens with zero attached hydrogens (tertiary/aromatic N) is 1. The minimum absolute atomic E-state index is 0.0218. The van der Waals surface area contributed by atoms with E-state index in [2.05, 4.69) is 62.0 Å². The van der Waals surface area contributed by atoms with Crippen molar-refractivity contribution in [2.45, 2.75) is 169 Å². The van der Waals surface area contributed by atoms with Crippen LogP contribution in [0.5, 0.6) is 0 Å². The molecular weight excluding hydrogens is 791 g/mol. The molecule has 0 heterocycles. The van der Waals surface area contributed by atoms with Gasteiger partial charge in [-0.25, -0.2) is 0 Å². The molecule has 0 aromatic rings.